The minimum absolute atomic E-state index is 0.104. The predicted octanol–water partition coefficient (Wildman–Crippen LogP) is 2.92. The highest BCUT2D eigenvalue weighted by atomic mass is 32.2. The summed E-state index contributed by atoms with van der Waals surface area (Å²) in [6.45, 7) is 5.35. The monoisotopic (exact) mass is 372 g/mol. The Morgan fingerprint density at radius 2 is 1.65 bits per heavy atom. The van der Waals surface area contributed by atoms with Gasteiger partial charge in [-0.3, -0.25) is 4.79 Å². The molecule has 7 heteroatoms. The van der Waals surface area contributed by atoms with Crippen LogP contribution >= 0.6 is 0 Å². The minimum Gasteiger partial charge on any atom is -0.358 e. The summed E-state index contributed by atoms with van der Waals surface area (Å²) in [6, 6.07) is 15.9. The Morgan fingerprint density at radius 1 is 1.08 bits per heavy atom. The number of nitriles is 1. The number of carbonyl (C=O) groups excluding carboxylic acids is 1. The Bertz CT molecular complexity index is 909. The predicted molar refractivity (Wildman–Crippen MR) is 96.5 cm³/mol. The lowest BCUT2D eigenvalue weighted by Gasteiger charge is -2.27. The second kappa shape index (κ2) is 7.68. The van der Waals surface area contributed by atoms with Crippen LogP contribution in [0.4, 0.5) is 0 Å². The first-order valence-electron chi connectivity index (χ1n) is 7.92. The van der Waals surface area contributed by atoms with Gasteiger partial charge in [0.1, 0.15) is 0 Å². The lowest BCUT2D eigenvalue weighted by atomic mass is 10.1. The lowest BCUT2D eigenvalue weighted by molar-refractivity contribution is -0.141. The quantitative estimate of drug-likeness (QED) is 0.870. The topological polar surface area (TPSA) is 96.3 Å². The molecule has 0 aliphatic rings. The van der Waals surface area contributed by atoms with Crippen LogP contribution in [0, 0.1) is 11.3 Å². The van der Waals surface area contributed by atoms with Crippen molar-refractivity contribution in [2.45, 2.75) is 37.4 Å². The highest BCUT2D eigenvalue weighted by Crippen LogP contribution is 2.25. The Balaban J connectivity index is 2.29. The van der Waals surface area contributed by atoms with Crippen molar-refractivity contribution in [3.05, 3.63) is 65.7 Å². The summed E-state index contributed by atoms with van der Waals surface area (Å²) in [4.78, 5) is 12.6. The number of rotatable bonds is 5. The molecule has 0 heterocycles. The molecule has 2 aromatic carbocycles. The van der Waals surface area contributed by atoms with Crippen LogP contribution in [0.2, 0.25) is 0 Å². The first kappa shape index (κ1) is 19.6. The average Bonchev–Trinajstić information content (AvgIpc) is 2.59. The maximum Gasteiger partial charge on any atom is 0.267 e. The highest BCUT2D eigenvalue weighted by molar-refractivity contribution is 7.90. The van der Waals surface area contributed by atoms with E-state index in [1.54, 1.807) is 51.1 Å². The van der Waals surface area contributed by atoms with Gasteiger partial charge in [0.15, 0.2) is 6.10 Å². The molecule has 0 aliphatic carbocycles. The molecule has 0 unspecified atom stereocenters. The standard InChI is InChI=1S/C19H20N2O4S/c1-19(2,3)25-17(15-7-5-4-6-8-15)18(22)21-26(23,24)16-11-9-14(13-20)10-12-16/h4-12,17H,1-3H3,(H,21,22)/t17-/m1/s1. The van der Waals surface area contributed by atoms with Crippen molar-refractivity contribution in [1.29, 1.82) is 5.26 Å². The number of ether oxygens (including phenoxy) is 1. The van der Waals surface area contributed by atoms with Crippen LogP contribution in [0.25, 0.3) is 0 Å². The van der Waals surface area contributed by atoms with E-state index in [-0.39, 0.29) is 4.90 Å². The van der Waals surface area contributed by atoms with Gasteiger partial charge in [0, 0.05) is 0 Å². The van der Waals surface area contributed by atoms with Crippen molar-refractivity contribution in [2.24, 2.45) is 0 Å². The normalized spacial score (nSPS) is 12.8. The van der Waals surface area contributed by atoms with Gasteiger partial charge in [-0.15, -0.1) is 0 Å². The molecule has 0 radical (unpaired) electrons. The summed E-state index contributed by atoms with van der Waals surface area (Å²) in [6.07, 6.45) is -1.08. The van der Waals surface area contributed by atoms with Gasteiger partial charge < -0.3 is 4.74 Å². The van der Waals surface area contributed by atoms with E-state index in [1.165, 1.54) is 24.3 Å². The molecule has 1 atom stereocenters. The summed E-state index contributed by atoms with van der Waals surface area (Å²) in [5.41, 5.74) is 0.222. The van der Waals surface area contributed by atoms with Crippen molar-refractivity contribution in [1.82, 2.24) is 4.72 Å². The molecule has 0 aliphatic heterocycles. The Kier molecular flexibility index (Phi) is 5.80. The fourth-order valence-electron chi connectivity index (χ4n) is 2.21. The highest BCUT2D eigenvalue weighted by Gasteiger charge is 2.30. The average molecular weight is 372 g/mol. The molecule has 2 aromatic rings. The van der Waals surface area contributed by atoms with E-state index >= 15 is 0 Å². The zero-order valence-corrected chi connectivity index (χ0v) is 15.6. The van der Waals surface area contributed by atoms with Crippen LogP contribution < -0.4 is 4.72 Å². The van der Waals surface area contributed by atoms with E-state index in [9.17, 15) is 13.2 Å². The molecule has 0 bridgehead atoms. The summed E-state index contributed by atoms with van der Waals surface area (Å²) in [5.74, 6) is -0.782. The maximum absolute atomic E-state index is 12.7. The molecule has 0 fully saturated rings. The fourth-order valence-corrected chi connectivity index (χ4v) is 3.19. The molecule has 0 aromatic heterocycles. The van der Waals surface area contributed by atoms with Crippen LogP contribution in [0.1, 0.15) is 38.0 Å². The smallest absolute Gasteiger partial charge is 0.267 e. The number of hydrogen-bond donors (Lipinski definition) is 1. The van der Waals surface area contributed by atoms with Gasteiger partial charge in [-0.05, 0) is 50.6 Å². The first-order chi connectivity index (χ1) is 12.1. The summed E-state index contributed by atoms with van der Waals surface area (Å²) in [5, 5.41) is 8.80. The molecular formula is C19H20N2O4S. The second-order valence-electron chi connectivity index (χ2n) is 6.63. The van der Waals surface area contributed by atoms with E-state index in [0.29, 0.717) is 11.1 Å². The number of nitrogens with one attached hydrogen (secondary N) is 1. The van der Waals surface area contributed by atoms with Gasteiger partial charge in [-0.1, -0.05) is 30.3 Å². The zero-order valence-electron chi connectivity index (χ0n) is 14.8. The number of hydrogen-bond acceptors (Lipinski definition) is 5. The van der Waals surface area contributed by atoms with Gasteiger partial charge in [-0.25, -0.2) is 13.1 Å². The van der Waals surface area contributed by atoms with Crippen molar-refractivity contribution in [2.75, 3.05) is 0 Å². The van der Waals surface area contributed by atoms with Gasteiger partial charge in [0.2, 0.25) is 0 Å². The van der Waals surface area contributed by atoms with Crippen LogP contribution in [-0.4, -0.2) is 19.9 Å². The minimum atomic E-state index is -4.08. The molecule has 6 nitrogen and oxygen atoms in total. The molecular weight excluding hydrogens is 352 g/mol. The lowest BCUT2D eigenvalue weighted by Crippen LogP contribution is -2.38. The summed E-state index contributed by atoms with van der Waals surface area (Å²) >= 11 is 0. The molecule has 0 saturated heterocycles. The molecule has 26 heavy (non-hydrogen) atoms. The van der Waals surface area contributed by atoms with Gasteiger partial charge in [-0.2, -0.15) is 5.26 Å². The maximum atomic E-state index is 12.7. The van der Waals surface area contributed by atoms with Crippen molar-refractivity contribution < 1.29 is 17.9 Å². The Morgan fingerprint density at radius 3 is 2.15 bits per heavy atom. The Hall–Kier alpha value is -2.69. The molecule has 0 spiro atoms. The van der Waals surface area contributed by atoms with E-state index in [1.807, 2.05) is 6.07 Å². The number of sulfonamides is 1. The van der Waals surface area contributed by atoms with E-state index in [4.69, 9.17) is 10.00 Å². The Labute approximate surface area is 153 Å². The van der Waals surface area contributed by atoms with Gasteiger partial charge in [0.05, 0.1) is 22.1 Å². The molecule has 136 valence electrons. The third-order valence-electron chi connectivity index (χ3n) is 3.34. The van der Waals surface area contributed by atoms with E-state index in [0.717, 1.165) is 0 Å². The van der Waals surface area contributed by atoms with Crippen molar-refractivity contribution >= 4 is 15.9 Å². The first-order valence-corrected chi connectivity index (χ1v) is 9.40. The second-order valence-corrected chi connectivity index (χ2v) is 8.31. The molecule has 0 saturated carbocycles. The fraction of sp³-hybridized carbons (Fsp3) is 0.263. The number of benzene rings is 2. The van der Waals surface area contributed by atoms with Crippen LogP contribution in [0.3, 0.4) is 0 Å². The summed E-state index contributed by atoms with van der Waals surface area (Å²) in [7, 11) is -4.08. The third kappa shape index (κ3) is 5.15. The number of amides is 1. The molecule has 1 amide bonds. The molecule has 1 N–H and O–H groups in total. The van der Waals surface area contributed by atoms with E-state index in [2.05, 4.69) is 4.72 Å². The van der Waals surface area contributed by atoms with Gasteiger partial charge in [0.25, 0.3) is 15.9 Å². The largest absolute Gasteiger partial charge is 0.358 e. The number of carbonyl (C=O) groups is 1. The number of nitrogens with zero attached hydrogens (tertiary/aromatic N) is 1. The van der Waals surface area contributed by atoms with Crippen LogP contribution in [0.5, 0.6) is 0 Å². The van der Waals surface area contributed by atoms with Crippen molar-refractivity contribution in [3.8, 4) is 6.07 Å². The molecule has 2 rings (SSSR count). The SMILES string of the molecule is CC(C)(C)O[C@@H](C(=O)NS(=O)(=O)c1ccc(C#N)cc1)c1ccccc1. The van der Waals surface area contributed by atoms with Crippen molar-refractivity contribution in [3.63, 3.8) is 0 Å². The van der Waals surface area contributed by atoms with Gasteiger partial charge >= 0.3 is 0 Å². The van der Waals surface area contributed by atoms with Crippen LogP contribution in [-0.2, 0) is 19.6 Å². The third-order valence-corrected chi connectivity index (χ3v) is 4.70. The van der Waals surface area contributed by atoms with E-state index < -0.39 is 27.6 Å². The summed E-state index contributed by atoms with van der Waals surface area (Å²) < 4.78 is 32.8. The zero-order chi connectivity index (χ0) is 19.4. The van der Waals surface area contributed by atoms with Crippen LogP contribution in [0.15, 0.2) is 59.5 Å².